The number of halogens is 1. The summed E-state index contributed by atoms with van der Waals surface area (Å²) >= 11 is 0. The predicted octanol–water partition coefficient (Wildman–Crippen LogP) is 7.63. The number of anilines is 1. The minimum Gasteiger partial charge on any atom is -0.493 e. The van der Waals surface area contributed by atoms with E-state index < -0.39 is 17.2 Å². The fourth-order valence-electron chi connectivity index (χ4n) is 6.33. The van der Waals surface area contributed by atoms with Crippen LogP contribution in [0.25, 0.3) is 27.6 Å². The number of amides is 1. The SMILES string of the molecule is COc1cc2c(Oc3ccc(NC(=O)c4cn(-c5ccccc5)c5ncccc5c4=O)cc3F)ccnc2cc1OCCCN1CCC(C)CC1. The van der Waals surface area contributed by atoms with Crippen molar-refractivity contribution in [2.75, 3.05) is 38.7 Å². The van der Waals surface area contributed by atoms with Gasteiger partial charge in [0.25, 0.3) is 5.91 Å². The summed E-state index contributed by atoms with van der Waals surface area (Å²) in [6, 6.07) is 21.8. The lowest BCUT2D eigenvalue weighted by molar-refractivity contribution is 0.102. The van der Waals surface area contributed by atoms with E-state index in [0.717, 1.165) is 43.7 Å². The quantitative estimate of drug-likeness (QED) is 0.139. The van der Waals surface area contributed by atoms with Crippen LogP contribution in [0.15, 0.2) is 102 Å². The first-order chi connectivity index (χ1) is 24.9. The molecular formula is C40H38FN5O5. The number of hydrogen-bond acceptors (Lipinski definition) is 8. The second kappa shape index (κ2) is 15.0. The van der Waals surface area contributed by atoms with Gasteiger partial charge in [-0.15, -0.1) is 0 Å². The summed E-state index contributed by atoms with van der Waals surface area (Å²) in [6.45, 7) is 6.10. The van der Waals surface area contributed by atoms with Gasteiger partial charge in [-0.1, -0.05) is 25.1 Å². The van der Waals surface area contributed by atoms with Crippen LogP contribution in [0, 0.1) is 11.7 Å². The van der Waals surface area contributed by atoms with Crippen molar-refractivity contribution in [1.29, 1.82) is 0 Å². The van der Waals surface area contributed by atoms with Crippen molar-refractivity contribution in [3.8, 4) is 28.7 Å². The van der Waals surface area contributed by atoms with E-state index in [2.05, 4.69) is 27.1 Å². The summed E-state index contributed by atoms with van der Waals surface area (Å²) in [5.41, 5.74) is 1.30. The number of pyridine rings is 3. The Balaban J connectivity index is 1.06. The molecule has 11 heteroatoms. The lowest BCUT2D eigenvalue weighted by Gasteiger charge is -2.30. The smallest absolute Gasteiger partial charge is 0.261 e. The van der Waals surface area contributed by atoms with Crippen LogP contribution in [0.1, 0.15) is 36.5 Å². The van der Waals surface area contributed by atoms with E-state index in [1.54, 1.807) is 54.4 Å². The Morgan fingerprint density at radius 2 is 1.73 bits per heavy atom. The molecule has 1 amide bonds. The van der Waals surface area contributed by atoms with Crippen LogP contribution in [0.5, 0.6) is 23.0 Å². The highest BCUT2D eigenvalue weighted by Gasteiger charge is 2.19. The van der Waals surface area contributed by atoms with Crippen molar-refractivity contribution in [3.05, 3.63) is 119 Å². The fourth-order valence-corrected chi connectivity index (χ4v) is 6.33. The molecule has 260 valence electrons. The average molecular weight is 688 g/mol. The number of aromatic nitrogens is 3. The van der Waals surface area contributed by atoms with Gasteiger partial charge in [0.05, 0.1) is 24.6 Å². The summed E-state index contributed by atoms with van der Waals surface area (Å²) in [5.74, 6) is 0.800. The molecule has 0 spiro atoms. The molecule has 1 aliphatic rings. The van der Waals surface area contributed by atoms with E-state index in [1.165, 1.54) is 31.2 Å². The van der Waals surface area contributed by atoms with E-state index in [9.17, 15) is 9.59 Å². The van der Waals surface area contributed by atoms with Crippen molar-refractivity contribution in [2.45, 2.75) is 26.2 Å². The molecule has 4 heterocycles. The Morgan fingerprint density at radius 3 is 2.51 bits per heavy atom. The van der Waals surface area contributed by atoms with Crippen LogP contribution < -0.4 is 25.0 Å². The molecule has 10 nitrogen and oxygen atoms in total. The third-order valence-corrected chi connectivity index (χ3v) is 9.19. The summed E-state index contributed by atoms with van der Waals surface area (Å²) in [4.78, 5) is 38.1. The third-order valence-electron chi connectivity index (χ3n) is 9.19. The number of carbonyl (C=O) groups excluding carboxylic acids is 1. The molecule has 0 bridgehead atoms. The topological polar surface area (TPSA) is 108 Å². The number of benzene rings is 3. The van der Waals surface area contributed by atoms with E-state index in [-0.39, 0.29) is 22.4 Å². The van der Waals surface area contributed by atoms with Crippen molar-refractivity contribution in [2.24, 2.45) is 5.92 Å². The number of likely N-dealkylation sites (tertiary alicyclic amines) is 1. The van der Waals surface area contributed by atoms with Crippen LogP contribution in [0.2, 0.25) is 0 Å². The Labute approximate surface area is 294 Å². The second-order valence-corrected chi connectivity index (χ2v) is 12.7. The van der Waals surface area contributed by atoms with E-state index in [0.29, 0.717) is 40.4 Å². The van der Waals surface area contributed by atoms with Crippen molar-refractivity contribution >= 4 is 33.5 Å². The minimum atomic E-state index is -0.711. The number of hydrogen-bond donors (Lipinski definition) is 1. The average Bonchev–Trinajstić information content (AvgIpc) is 3.15. The molecule has 0 aliphatic carbocycles. The molecule has 3 aromatic heterocycles. The Bertz CT molecular complexity index is 2250. The zero-order valence-corrected chi connectivity index (χ0v) is 28.5. The number of carbonyl (C=O) groups is 1. The molecule has 0 unspecified atom stereocenters. The number of ether oxygens (including phenoxy) is 3. The molecule has 1 saturated heterocycles. The van der Waals surface area contributed by atoms with Gasteiger partial charge in [0.1, 0.15) is 17.0 Å². The highest BCUT2D eigenvalue weighted by Crippen LogP contribution is 2.38. The van der Waals surface area contributed by atoms with Gasteiger partial charge in [-0.2, -0.15) is 0 Å². The summed E-state index contributed by atoms with van der Waals surface area (Å²) in [7, 11) is 1.57. The third kappa shape index (κ3) is 7.39. The summed E-state index contributed by atoms with van der Waals surface area (Å²) in [6.07, 6.45) is 7.99. The molecule has 0 saturated carbocycles. The van der Waals surface area contributed by atoms with Crippen molar-refractivity contribution < 1.29 is 23.4 Å². The summed E-state index contributed by atoms with van der Waals surface area (Å²) in [5, 5.41) is 3.55. The van der Waals surface area contributed by atoms with Crippen LogP contribution >= 0.6 is 0 Å². The van der Waals surface area contributed by atoms with Crippen LogP contribution in [-0.4, -0.2) is 58.7 Å². The fraction of sp³-hybridized carbons (Fsp3) is 0.250. The number of fused-ring (bicyclic) bond motifs is 2. The van der Waals surface area contributed by atoms with Crippen LogP contribution in [0.4, 0.5) is 10.1 Å². The van der Waals surface area contributed by atoms with Crippen LogP contribution in [0.3, 0.4) is 0 Å². The molecular weight excluding hydrogens is 649 g/mol. The highest BCUT2D eigenvalue weighted by molar-refractivity contribution is 6.05. The maximum Gasteiger partial charge on any atom is 0.261 e. The first kappa shape index (κ1) is 33.7. The molecule has 3 aromatic carbocycles. The van der Waals surface area contributed by atoms with Gasteiger partial charge < -0.3 is 29.0 Å². The first-order valence-electron chi connectivity index (χ1n) is 17.0. The van der Waals surface area contributed by atoms with Crippen LogP contribution in [-0.2, 0) is 0 Å². The van der Waals surface area contributed by atoms with Gasteiger partial charge in [-0.05, 0) is 86.8 Å². The molecule has 0 radical (unpaired) electrons. The minimum absolute atomic E-state index is 0.0601. The number of piperidine rings is 1. The Morgan fingerprint density at radius 1 is 0.902 bits per heavy atom. The van der Waals surface area contributed by atoms with Gasteiger partial charge >= 0.3 is 0 Å². The molecule has 6 aromatic rings. The maximum atomic E-state index is 15.5. The number of para-hydroxylation sites is 1. The van der Waals surface area contributed by atoms with E-state index >= 15 is 4.39 Å². The molecule has 1 N–H and O–H groups in total. The summed E-state index contributed by atoms with van der Waals surface area (Å²) < 4.78 is 34.9. The molecule has 1 fully saturated rings. The highest BCUT2D eigenvalue weighted by atomic mass is 19.1. The van der Waals surface area contributed by atoms with Gasteiger partial charge in [0, 0.05) is 54.0 Å². The number of rotatable bonds is 11. The normalized spacial score (nSPS) is 13.7. The molecule has 51 heavy (non-hydrogen) atoms. The van der Waals surface area contributed by atoms with E-state index in [1.807, 2.05) is 30.3 Å². The predicted molar refractivity (Wildman–Crippen MR) is 195 cm³/mol. The lowest BCUT2D eigenvalue weighted by atomic mass is 9.99. The second-order valence-electron chi connectivity index (χ2n) is 12.7. The number of nitrogens with one attached hydrogen (secondary N) is 1. The van der Waals surface area contributed by atoms with E-state index in [4.69, 9.17) is 14.2 Å². The Kier molecular flexibility index (Phi) is 9.89. The largest absolute Gasteiger partial charge is 0.493 e. The zero-order chi connectivity index (χ0) is 35.3. The van der Waals surface area contributed by atoms with Gasteiger partial charge in [-0.3, -0.25) is 14.6 Å². The van der Waals surface area contributed by atoms with Gasteiger partial charge in [0.2, 0.25) is 5.43 Å². The zero-order valence-electron chi connectivity index (χ0n) is 28.5. The van der Waals surface area contributed by atoms with Crippen molar-refractivity contribution in [3.63, 3.8) is 0 Å². The van der Waals surface area contributed by atoms with Gasteiger partial charge in [-0.25, -0.2) is 9.37 Å². The maximum absolute atomic E-state index is 15.5. The first-order valence-corrected chi connectivity index (χ1v) is 17.0. The molecule has 1 aliphatic heterocycles. The standard InChI is InChI=1S/C40H38FN5O5/c1-26-14-19-45(20-15-26)18-7-21-50-37-24-33-30(23-36(37)49-2)34(13-17-42-33)51-35-12-11-27(22-32(35)41)44-40(48)31-25-46(28-8-4-3-5-9-28)39-29(38(31)47)10-6-16-43-39/h3-6,8-13,16-17,22-26H,7,14-15,18-21H2,1-2H3,(H,44,48). The number of nitrogens with zero attached hydrogens (tertiary/aromatic N) is 4. The Hall–Kier alpha value is -5.81. The van der Waals surface area contributed by atoms with Gasteiger partial charge in [0.15, 0.2) is 23.1 Å². The molecule has 7 rings (SSSR count). The van der Waals surface area contributed by atoms with Crippen molar-refractivity contribution in [1.82, 2.24) is 19.4 Å². The molecule has 0 atom stereocenters. The number of methoxy groups -OCH3 is 1. The lowest BCUT2D eigenvalue weighted by Crippen LogP contribution is -2.34. The monoisotopic (exact) mass is 687 g/mol.